The molecule has 0 aromatic rings. The third kappa shape index (κ3) is 8.58. The SMILES string of the molecule is CCC(CCCl)NCCCC(C)C. The second-order valence-electron chi connectivity index (χ2n) is 4.07. The number of alkyl halides is 1. The van der Waals surface area contributed by atoms with E-state index in [-0.39, 0.29) is 0 Å². The van der Waals surface area contributed by atoms with Crippen LogP contribution in [-0.2, 0) is 0 Å². The van der Waals surface area contributed by atoms with E-state index in [4.69, 9.17) is 11.6 Å². The molecule has 13 heavy (non-hydrogen) atoms. The van der Waals surface area contributed by atoms with Gasteiger partial charge in [-0.25, -0.2) is 0 Å². The molecule has 0 radical (unpaired) electrons. The van der Waals surface area contributed by atoms with E-state index in [1.54, 1.807) is 0 Å². The molecule has 0 saturated heterocycles. The van der Waals surface area contributed by atoms with Gasteiger partial charge < -0.3 is 5.32 Å². The van der Waals surface area contributed by atoms with Gasteiger partial charge in [-0.3, -0.25) is 0 Å². The molecule has 1 atom stereocenters. The Morgan fingerprint density at radius 1 is 1.23 bits per heavy atom. The predicted molar refractivity (Wildman–Crippen MR) is 61.5 cm³/mol. The second kappa shape index (κ2) is 8.83. The molecule has 0 fully saturated rings. The van der Waals surface area contributed by atoms with Crippen molar-refractivity contribution < 1.29 is 0 Å². The second-order valence-corrected chi connectivity index (χ2v) is 4.45. The predicted octanol–water partition coefficient (Wildman–Crippen LogP) is 3.42. The zero-order valence-corrected chi connectivity index (χ0v) is 10.0. The molecule has 0 saturated carbocycles. The minimum absolute atomic E-state index is 0.629. The van der Waals surface area contributed by atoms with Crippen LogP contribution in [0.3, 0.4) is 0 Å². The van der Waals surface area contributed by atoms with Crippen LogP contribution in [0, 0.1) is 5.92 Å². The van der Waals surface area contributed by atoms with E-state index in [1.165, 1.54) is 19.3 Å². The average Bonchev–Trinajstić information content (AvgIpc) is 2.10. The molecule has 0 heterocycles. The zero-order valence-electron chi connectivity index (χ0n) is 9.28. The molecule has 2 heteroatoms. The van der Waals surface area contributed by atoms with Gasteiger partial charge in [-0.1, -0.05) is 20.8 Å². The van der Waals surface area contributed by atoms with Crippen LogP contribution in [-0.4, -0.2) is 18.5 Å². The normalized spacial score (nSPS) is 13.6. The Balaban J connectivity index is 3.27. The quantitative estimate of drug-likeness (QED) is 0.473. The van der Waals surface area contributed by atoms with Crippen LogP contribution < -0.4 is 5.32 Å². The molecular weight excluding hydrogens is 182 g/mol. The lowest BCUT2D eigenvalue weighted by Gasteiger charge is -2.15. The molecule has 1 nitrogen and oxygen atoms in total. The third-order valence-electron chi connectivity index (χ3n) is 2.34. The largest absolute Gasteiger partial charge is 0.314 e. The fourth-order valence-electron chi connectivity index (χ4n) is 1.40. The summed E-state index contributed by atoms with van der Waals surface area (Å²) in [5, 5.41) is 3.54. The van der Waals surface area contributed by atoms with Crippen molar-refractivity contribution >= 4 is 11.6 Å². The van der Waals surface area contributed by atoms with Crippen molar-refractivity contribution in [3.05, 3.63) is 0 Å². The summed E-state index contributed by atoms with van der Waals surface area (Å²) in [5.41, 5.74) is 0. The summed E-state index contributed by atoms with van der Waals surface area (Å²) in [4.78, 5) is 0. The summed E-state index contributed by atoms with van der Waals surface area (Å²) in [6.07, 6.45) is 4.90. The monoisotopic (exact) mass is 205 g/mol. The first-order valence-corrected chi connectivity index (χ1v) is 6.03. The highest BCUT2D eigenvalue weighted by Crippen LogP contribution is 2.04. The van der Waals surface area contributed by atoms with Crippen LogP contribution in [0.5, 0.6) is 0 Å². The average molecular weight is 206 g/mol. The molecule has 1 unspecified atom stereocenters. The highest BCUT2D eigenvalue weighted by Gasteiger charge is 2.03. The molecule has 0 bridgehead atoms. The van der Waals surface area contributed by atoms with E-state index in [9.17, 15) is 0 Å². The number of hydrogen-bond acceptors (Lipinski definition) is 1. The summed E-state index contributed by atoms with van der Waals surface area (Å²) < 4.78 is 0. The number of halogens is 1. The lowest BCUT2D eigenvalue weighted by Crippen LogP contribution is -2.29. The summed E-state index contributed by atoms with van der Waals surface area (Å²) in [6, 6.07) is 0.629. The van der Waals surface area contributed by atoms with E-state index < -0.39 is 0 Å². The molecule has 0 aliphatic carbocycles. The van der Waals surface area contributed by atoms with Crippen LogP contribution in [0.4, 0.5) is 0 Å². The van der Waals surface area contributed by atoms with Crippen LogP contribution >= 0.6 is 11.6 Å². The Morgan fingerprint density at radius 2 is 1.92 bits per heavy atom. The summed E-state index contributed by atoms with van der Waals surface area (Å²) in [5.74, 6) is 1.60. The lowest BCUT2D eigenvalue weighted by molar-refractivity contribution is 0.455. The van der Waals surface area contributed by atoms with Gasteiger partial charge in [0, 0.05) is 11.9 Å². The first-order valence-electron chi connectivity index (χ1n) is 5.50. The molecule has 0 aliphatic rings. The highest BCUT2D eigenvalue weighted by atomic mass is 35.5. The van der Waals surface area contributed by atoms with Gasteiger partial charge in [0.15, 0.2) is 0 Å². The maximum absolute atomic E-state index is 5.70. The standard InChI is InChI=1S/C11H24ClN/c1-4-11(7-8-12)13-9-5-6-10(2)3/h10-11,13H,4-9H2,1-3H3. The number of rotatable bonds is 8. The van der Waals surface area contributed by atoms with Crippen LogP contribution in [0.15, 0.2) is 0 Å². The van der Waals surface area contributed by atoms with E-state index in [1.807, 2.05) is 0 Å². The number of hydrogen-bond donors (Lipinski definition) is 1. The first kappa shape index (κ1) is 13.2. The molecule has 0 amide bonds. The van der Waals surface area contributed by atoms with E-state index in [2.05, 4.69) is 26.1 Å². The van der Waals surface area contributed by atoms with Crippen molar-refractivity contribution in [2.24, 2.45) is 5.92 Å². The molecule has 0 spiro atoms. The minimum Gasteiger partial charge on any atom is -0.314 e. The minimum atomic E-state index is 0.629. The first-order chi connectivity index (χ1) is 6.20. The fourth-order valence-corrected chi connectivity index (χ4v) is 1.66. The van der Waals surface area contributed by atoms with Gasteiger partial charge in [0.05, 0.1) is 0 Å². The van der Waals surface area contributed by atoms with Gasteiger partial charge in [0.2, 0.25) is 0 Å². The van der Waals surface area contributed by atoms with Gasteiger partial charge >= 0.3 is 0 Å². The van der Waals surface area contributed by atoms with Crippen molar-refractivity contribution in [1.29, 1.82) is 0 Å². The third-order valence-corrected chi connectivity index (χ3v) is 2.56. The van der Waals surface area contributed by atoms with Crippen LogP contribution in [0.25, 0.3) is 0 Å². The van der Waals surface area contributed by atoms with Crippen molar-refractivity contribution in [1.82, 2.24) is 5.32 Å². The highest BCUT2D eigenvalue weighted by molar-refractivity contribution is 6.17. The molecule has 0 aromatic heterocycles. The molecule has 0 aromatic carbocycles. The molecular formula is C11H24ClN. The van der Waals surface area contributed by atoms with Crippen molar-refractivity contribution in [2.75, 3.05) is 12.4 Å². The number of nitrogens with one attached hydrogen (secondary N) is 1. The van der Waals surface area contributed by atoms with Crippen molar-refractivity contribution in [3.63, 3.8) is 0 Å². The molecule has 80 valence electrons. The smallest absolute Gasteiger partial charge is 0.0238 e. The maximum Gasteiger partial charge on any atom is 0.0238 e. The van der Waals surface area contributed by atoms with Crippen molar-refractivity contribution in [3.8, 4) is 0 Å². The van der Waals surface area contributed by atoms with Crippen LogP contribution in [0.1, 0.15) is 46.5 Å². The van der Waals surface area contributed by atoms with Crippen LogP contribution in [0.2, 0.25) is 0 Å². The topological polar surface area (TPSA) is 12.0 Å². The fraction of sp³-hybridized carbons (Fsp3) is 1.00. The van der Waals surface area contributed by atoms with E-state index in [0.717, 1.165) is 24.8 Å². The Hall–Kier alpha value is 0.250. The Bertz CT molecular complexity index is 104. The van der Waals surface area contributed by atoms with Gasteiger partial charge in [-0.2, -0.15) is 0 Å². The van der Waals surface area contributed by atoms with Gasteiger partial charge in [0.25, 0.3) is 0 Å². The van der Waals surface area contributed by atoms with Gasteiger partial charge in [-0.15, -0.1) is 11.6 Å². The lowest BCUT2D eigenvalue weighted by atomic mass is 10.1. The Morgan fingerprint density at radius 3 is 2.38 bits per heavy atom. The Labute approximate surface area is 88.2 Å². The maximum atomic E-state index is 5.70. The van der Waals surface area contributed by atoms with E-state index >= 15 is 0 Å². The van der Waals surface area contributed by atoms with Gasteiger partial charge in [0.1, 0.15) is 0 Å². The molecule has 1 N–H and O–H groups in total. The summed E-state index contributed by atoms with van der Waals surface area (Å²) >= 11 is 5.70. The molecule has 0 rings (SSSR count). The molecule has 0 aliphatic heterocycles. The summed E-state index contributed by atoms with van der Waals surface area (Å²) in [6.45, 7) is 7.91. The Kier molecular flexibility index (Phi) is 9.00. The van der Waals surface area contributed by atoms with Crippen molar-refractivity contribution in [2.45, 2.75) is 52.5 Å². The zero-order chi connectivity index (χ0) is 10.1. The van der Waals surface area contributed by atoms with E-state index in [0.29, 0.717) is 6.04 Å². The van der Waals surface area contributed by atoms with Gasteiger partial charge in [-0.05, 0) is 38.1 Å². The summed E-state index contributed by atoms with van der Waals surface area (Å²) in [7, 11) is 0.